The topological polar surface area (TPSA) is 81.1 Å². The van der Waals surface area contributed by atoms with Crippen molar-refractivity contribution in [1.82, 2.24) is 20.1 Å². The number of carbonyl (C=O) groups is 1. The minimum Gasteiger partial charge on any atom is -0.379 e. The van der Waals surface area contributed by atoms with Gasteiger partial charge in [-0.1, -0.05) is 30.3 Å². The smallest absolute Gasteiger partial charge is 0.333 e. The molecule has 1 aliphatic heterocycles. The number of anilines is 1. The molecule has 2 aromatic heterocycles. The number of hydrogen-bond donors (Lipinski definition) is 2. The zero-order valence-corrected chi connectivity index (χ0v) is 14.9. The standard InChI is InChI=1S/C19H19F2N5O2/c20-18(21)26-17-13(10-22-26)9-16-23-14(17)7-4-8-28-11-15(24-19(27)25-16)12-5-2-1-3-6-12/h1-3,5-6,9-10,15,18H,4,7-8,11H2,(H2,23,24,25,27). The molecule has 1 aliphatic rings. The number of ether oxygens (including phenoxy) is 1. The van der Waals surface area contributed by atoms with Crippen molar-refractivity contribution in [2.75, 3.05) is 18.5 Å². The van der Waals surface area contributed by atoms with E-state index in [-0.39, 0.29) is 11.6 Å². The van der Waals surface area contributed by atoms with Crippen molar-refractivity contribution in [3.63, 3.8) is 0 Å². The largest absolute Gasteiger partial charge is 0.379 e. The highest BCUT2D eigenvalue weighted by Gasteiger charge is 2.20. The molecule has 2 amide bonds. The molecule has 4 rings (SSSR count). The normalized spacial score (nSPS) is 18.2. The van der Waals surface area contributed by atoms with Gasteiger partial charge in [-0.3, -0.25) is 5.32 Å². The maximum Gasteiger partial charge on any atom is 0.333 e. The summed E-state index contributed by atoms with van der Waals surface area (Å²) in [5, 5.41) is 9.82. The number of halogens is 2. The first kappa shape index (κ1) is 18.3. The quantitative estimate of drug-likeness (QED) is 0.703. The van der Waals surface area contributed by atoms with Crippen LogP contribution in [0.1, 0.15) is 30.3 Å². The highest BCUT2D eigenvalue weighted by Crippen LogP contribution is 2.26. The Hall–Kier alpha value is -3.07. The third kappa shape index (κ3) is 3.79. The number of benzene rings is 1. The lowest BCUT2D eigenvalue weighted by Gasteiger charge is -2.21. The van der Waals surface area contributed by atoms with Crippen LogP contribution in [0.25, 0.3) is 10.9 Å². The lowest BCUT2D eigenvalue weighted by molar-refractivity contribution is 0.0612. The predicted octanol–water partition coefficient (Wildman–Crippen LogP) is 3.65. The van der Waals surface area contributed by atoms with Crippen LogP contribution in [-0.2, 0) is 11.2 Å². The van der Waals surface area contributed by atoms with Gasteiger partial charge in [-0.15, -0.1) is 0 Å². The van der Waals surface area contributed by atoms with Gasteiger partial charge in [-0.05, 0) is 24.5 Å². The van der Waals surface area contributed by atoms with Gasteiger partial charge in [0.25, 0.3) is 0 Å². The lowest BCUT2D eigenvalue weighted by atomic mass is 10.1. The van der Waals surface area contributed by atoms with Gasteiger partial charge < -0.3 is 10.1 Å². The van der Waals surface area contributed by atoms with Gasteiger partial charge in [0.1, 0.15) is 5.82 Å². The Labute approximate surface area is 159 Å². The molecule has 0 radical (unpaired) electrons. The van der Waals surface area contributed by atoms with Crippen LogP contribution in [0.2, 0.25) is 0 Å². The number of nitrogens with zero attached hydrogens (tertiary/aromatic N) is 3. The Bertz CT molecular complexity index is 977. The van der Waals surface area contributed by atoms with Crippen LogP contribution in [0.4, 0.5) is 19.4 Å². The molecular formula is C19H19F2N5O2. The molecule has 0 saturated carbocycles. The molecule has 1 unspecified atom stereocenters. The van der Waals surface area contributed by atoms with Gasteiger partial charge >= 0.3 is 12.6 Å². The second-order valence-corrected chi connectivity index (χ2v) is 6.50. The molecule has 2 N–H and O–H groups in total. The van der Waals surface area contributed by atoms with Crippen molar-refractivity contribution in [3.8, 4) is 0 Å². The summed E-state index contributed by atoms with van der Waals surface area (Å²) in [6.07, 6.45) is 2.39. The average molecular weight is 387 g/mol. The van der Waals surface area contributed by atoms with Crippen molar-refractivity contribution < 1.29 is 18.3 Å². The molecule has 0 saturated heterocycles. The number of nitrogens with one attached hydrogen (secondary N) is 2. The molecular weight excluding hydrogens is 368 g/mol. The summed E-state index contributed by atoms with van der Waals surface area (Å²) in [6.45, 7) is -2.03. The number of hydrogen-bond acceptors (Lipinski definition) is 4. The van der Waals surface area contributed by atoms with E-state index in [2.05, 4.69) is 20.7 Å². The molecule has 9 heteroatoms. The van der Waals surface area contributed by atoms with E-state index in [1.54, 1.807) is 6.07 Å². The molecule has 0 fully saturated rings. The number of carbonyl (C=O) groups excluding carboxylic acids is 1. The Balaban J connectivity index is 1.66. The molecule has 3 aromatic rings. The number of aryl methyl sites for hydroxylation is 1. The number of urea groups is 1. The summed E-state index contributed by atoms with van der Waals surface area (Å²) >= 11 is 0. The van der Waals surface area contributed by atoms with Gasteiger partial charge in [-0.25, -0.2) is 14.5 Å². The summed E-state index contributed by atoms with van der Waals surface area (Å²) in [5.41, 5.74) is 1.66. The fourth-order valence-electron chi connectivity index (χ4n) is 3.30. The van der Waals surface area contributed by atoms with Crippen molar-refractivity contribution in [2.24, 2.45) is 0 Å². The highest BCUT2D eigenvalue weighted by atomic mass is 19.3. The van der Waals surface area contributed by atoms with Crippen LogP contribution in [0, 0.1) is 0 Å². The van der Waals surface area contributed by atoms with E-state index < -0.39 is 12.6 Å². The second kappa shape index (κ2) is 7.89. The molecule has 146 valence electrons. The molecule has 28 heavy (non-hydrogen) atoms. The summed E-state index contributed by atoms with van der Waals surface area (Å²) in [6, 6.07) is 10.3. The van der Waals surface area contributed by atoms with E-state index in [0.717, 1.165) is 5.56 Å². The van der Waals surface area contributed by atoms with Crippen LogP contribution in [-0.4, -0.2) is 34.0 Å². The third-order valence-electron chi connectivity index (χ3n) is 4.57. The molecule has 7 nitrogen and oxygen atoms in total. The number of fused-ring (bicyclic) bond motifs is 4. The van der Waals surface area contributed by atoms with E-state index >= 15 is 0 Å². The van der Waals surface area contributed by atoms with Crippen LogP contribution in [0.5, 0.6) is 0 Å². The Morgan fingerprint density at radius 3 is 2.86 bits per heavy atom. The van der Waals surface area contributed by atoms with Gasteiger partial charge in [-0.2, -0.15) is 13.9 Å². The first-order valence-corrected chi connectivity index (χ1v) is 8.97. The lowest BCUT2D eigenvalue weighted by Crippen LogP contribution is -2.35. The SMILES string of the molecule is O=C1Nc2cc3cnn(C(F)F)c3c(n2)CCCOCC(c2ccccc2)N1. The van der Waals surface area contributed by atoms with Crippen LogP contribution in [0.15, 0.2) is 42.6 Å². The van der Waals surface area contributed by atoms with Gasteiger partial charge in [0.15, 0.2) is 0 Å². The summed E-state index contributed by atoms with van der Waals surface area (Å²) in [5.74, 6) is 0.294. The fraction of sp³-hybridized carbons (Fsp3) is 0.316. The monoisotopic (exact) mass is 387 g/mol. The average Bonchev–Trinajstić information content (AvgIpc) is 3.11. The highest BCUT2D eigenvalue weighted by molar-refractivity contribution is 5.92. The number of aromatic nitrogens is 3. The van der Waals surface area contributed by atoms with E-state index in [0.29, 0.717) is 47.6 Å². The predicted molar refractivity (Wildman–Crippen MR) is 99.3 cm³/mol. The second-order valence-electron chi connectivity index (χ2n) is 6.50. The van der Waals surface area contributed by atoms with E-state index in [1.165, 1.54) is 6.20 Å². The minimum atomic E-state index is -2.76. The molecule has 2 bridgehead atoms. The van der Waals surface area contributed by atoms with Crippen molar-refractivity contribution in [1.29, 1.82) is 0 Å². The molecule has 1 aromatic carbocycles. The first-order chi connectivity index (χ1) is 13.6. The van der Waals surface area contributed by atoms with Crippen LogP contribution < -0.4 is 10.6 Å². The third-order valence-corrected chi connectivity index (χ3v) is 4.57. The zero-order valence-electron chi connectivity index (χ0n) is 14.9. The van der Waals surface area contributed by atoms with E-state index in [1.807, 2.05) is 30.3 Å². The van der Waals surface area contributed by atoms with Crippen molar-refractivity contribution in [2.45, 2.75) is 25.4 Å². The van der Waals surface area contributed by atoms with Gasteiger partial charge in [0, 0.05) is 12.0 Å². The number of alkyl halides is 2. The van der Waals surface area contributed by atoms with Gasteiger partial charge in [0.2, 0.25) is 0 Å². The molecule has 0 aliphatic carbocycles. The van der Waals surface area contributed by atoms with E-state index in [9.17, 15) is 13.6 Å². The maximum atomic E-state index is 13.2. The van der Waals surface area contributed by atoms with Crippen LogP contribution >= 0.6 is 0 Å². The Morgan fingerprint density at radius 1 is 1.25 bits per heavy atom. The van der Waals surface area contributed by atoms with Crippen molar-refractivity contribution in [3.05, 3.63) is 53.9 Å². The number of amides is 2. The summed E-state index contributed by atoms with van der Waals surface area (Å²) in [7, 11) is 0. The van der Waals surface area contributed by atoms with Crippen LogP contribution in [0.3, 0.4) is 0 Å². The Kier molecular flexibility index (Phi) is 5.16. The number of rotatable bonds is 2. The minimum absolute atomic E-state index is 0.278. The Morgan fingerprint density at radius 2 is 2.07 bits per heavy atom. The van der Waals surface area contributed by atoms with Crippen molar-refractivity contribution >= 4 is 22.8 Å². The van der Waals surface area contributed by atoms with E-state index in [4.69, 9.17) is 4.74 Å². The molecule has 0 spiro atoms. The summed E-state index contributed by atoms with van der Waals surface area (Å²) < 4.78 is 32.9. The molecule has 3 heterocycles. The fourth-order valence-corrected chi connectivity index (χ4v) is 3.30. The molecule has 1 atom stereocenters. The summed E-state index contributed by atoms with van der Waals surface area (Å²) in [4.78, 5) is 16.9. The van der Waals surface area contributed by atoms with Gasteiger partial charge in [0.05, 0.1) is 30.1 Å². The first-order valence-electron chi connectivity index (χ1n) is 8.97. The number of pyridine rings is 1. The maximum absolute atomic E-state index is 13.2. The zero-order chi connectivity index (χ0) is 19.5.